The molecule has 0 radical (unpaired) electrons. The Hall–Kier alpha value is -1.74. The average molecular weight is 408 g/mol. The van der Waals surface area contributed by atoms with Crippen molar-refractivity contribution in [3.05, 3.63) is 53.4 Å². The maximum atomic E-state index is 12.7. The van der Waals surface area contributed by atoms with E-state index in [0.717, 1.165) is 5.56 Å². The number of piperazine rings is 1. The minimum Gasteiger partial charge on any atom is -0.338 e. The number of benzene rings is 1. The van der Waals surface area contributed by atoms with Crippen LogP contribution in [0.2, 0.25) is 0 Å². The van der Waals surface area contributed by atoms with E-state index in [1.165, 1.54) is 15.6 Å². The molecule has 0 atom stereocenters. The Kier molecular flexibility index (Phi) is 6.64. The van der Waals surface area contributed by atoms with Gasteiger partial charge in [-0.25, -0.2) is 8.42 Å². The highest BCUT2D eigenvalue weighted by molar-refractivity contribution is 7.91. The minimum absolute atomic E-state index is 0.0796. The number of likely N-dealkylation sites (N-methyl/N-ethyl adjacent to an activating group) is 1. The molecule has 0 spiro atoms. The molecule has 27 heavy (non-hydrogen) atoms. The summed E-state index contributed by atoms with van der Waals surface area (Å²) in [4.78, 5) is 16.5. The van der Waals surface area contributed by atoms with Crippen LogP contribution in [-0.2, 0) is 21.4 Å². The second-order valence-electron chi connectivity index (χ2n) is 6.51. The van der Waals surface area contributed by atoms with Crippen LogP contribution in [0.4, 0.5) is 0 Å². The lowest BCUT2D eigenvalue weighted by atomic mass is 10.2. The molecule has 0 N–H and O–H groups in total. The van der Waals surface area contributed by atoms with Crippen LogP contribution in [0.1, 0.15) is 12.5 Å². The molecule has 3 rings (SSSR count). The lowest BCUT2D eigenvalue weighted by Gasteiger charge is -2.34. The van der Waals surface area contributed by atoms with E-state index in [1.807, 2.05) is 47.1 Å². The SMILES string of the molecule is CCN(Cc1ccccc1)C(=O)CN1CCN(S(=O)(=O)c2cccs2)CC1. The quantitative estimate of drug-likeness (QED) is 0.705. The Balaban J connectivity index is 1.53. The molecule has 6 nitrogen and oxygen atoms in total. The number of carbonyl (C=O) groups excluding carboxylic acids is 1. The largest absolute Gasteiger partial charge is 0.338 e. The number of rotatable bonds is 7. The van der Waals surface area contributed by atoms with E-state index >= 15 is 0 Å². The molecular formula is C19H25N3O3S2. The van der Waals surface area contributed by atoms with Crippen molar-refractivity contribution in [3.63, 3.8) is 0 Å². The summed E-state index contributed by atoms with van der Waals surface area (Å²) in [6, 6.07) is 13.3. The summed E-state index contributed by atoms with van der Waals surface area (Å²) < 4.78 is 27.1. The lowest BCUT2D eigenvalue weighted by molar-refractivity contribution is -0.133. The molecule has 1 fully saturated rings. The smallest absolute Gasteiger partial charge is 0.252 e. The molecule has 1 aliphatic heterocycles. The first kappa shape index (κ1) is 20.0. The second kappa shape index (κ2) is 8.97. The predicted octanol–water partition coefficient (Wildman–Crippen LogP) is 2.10. The van der Waals surface area contributed by atoms with Gasteiger partial charge in [-0.05, 0) is 23.9 Å². The van der Waals surface area contributed by atoms with Crippen LogP contribution in [0.15, 0.2) is 52.1 Å². The van der Waals surface area contributed by atoms with Gasteiger partial charge in [-0.3, -0.25) is 9.69 Å². The van der Waals surface area contributed by atoms with Gasteiger partial charge in [-0.15, -0.1) is 11.3 Å². The van der Waals surface area contributed by atoms with Gasteiger partial charge < -0.3 is 4.90 Å². The summed E-state index contributed by atoms with van der Waals surface area (Å²) in [6.07, 6.45) is 0. The van der Waals surface area contributed by atoms with E-state index < -0.39 is 10.0 Å². The Bertz CT molecular complexity index is 830. The molecule has 8 heteroatoms. The first-order valence-corrected chi connectivity index (χ1v) is 11.4. The number of amides is 1. The van der Waals surface area contributed by atoms with E-state index in [0.29, 0.717) is 50.0 Å². The molecule has 1 aromatic carbocycles. The molecule has 1 saturated heterocycles. The summed E-state index contributed by atoms with van der Waals surface area (Å²) in [5.41, 5.74) is 1.11. The van der Waals surface area contributed by atoms with Crippen LogP contribution in [-0.4, -0.2) is 67.7 Å². The van der Waals surface area contributed by atoms with Crippen molar-refractivity contribution in [2.24, 2.45) is 0 Å². The van der Waals surface area contributed by atoms with Crippen molar-refractivity contribution in [1.82, 2.24) is 14.1 Å². The Morgan fingerprint density at radius 1 is 1.07 bits per heavy atom. The zero-order valence-electron chi connectivity index (χ0n) is 15.5. The van der Waals surface area contributed by atoms with Gasteiger partial charge in [-0.2, -0.15) is 4.31 Å². The minimum atomic E-state index is -3.40. The van der Waals surface area contributed by atoms with Crippen molar-refractivity contribution < 1.29 is 13.2 Å². The summed E-state index contributed by atoms with van der Waals surface area (Å²) >= 11 is 1.24. The van der Waals surface area contributed by atoms with Crippen molar-refractivity contribution in [3.8, 4) is 0 Å². The van der Waals surface area contributed by atoms with Crippen LogP contribution in [0.5, 0.6) is 0 Å². The van der Waals surface area contributed by atoms with Gasteiger partial charge in [0, 0.05) is 39.3 Å². The monoisotopic (exact) mass is 407 g/mol. The summed E-state index contributed by atoms with van der Waals surface area (Å²) in [5.74, 6) is 0.0796. The maximum Gasteiger partial charge on any atom is 0.252 e. The summed E-state index contributed by atoms with van der Waals surface area (Å²) in [5, 5.41) is 1.77. The topological polar surface area (TPSA) is 60.9 Å². The molecular weight excluding hydrogens is 382 g/mol. The molecule has 146 valence electrons. The Morgan fingerprint density at radius 2 is 1.78 bits per heavy atom. The molecule has 1 amide bonds. The van der Waals surface area contributed by atoms with Gasteiger partial charge in [0.1, 0.15) is 4.21 Å². The summed E-state index contributed by atoms with van der Waals surface area (Å²) in [7, 11) is -3.40. The number of thiophene rings is 1. The van der Waals surface area contributed by atoms with Crippen LogP contribution in [0, 0.1) is 0 Å². The van der Waals surface area contributed by atoms with Crippen molar-refractivity contribution in [2.75, 3.05) is 39.3 Å². The van der Waals surface area contributed by atoms with Gasteiger partial charge in [0.15, 0.2) is 0 Å². The second-order valence-corrected chi connectivity index (χ2v) is 9.62. The van der Waals surface area contributed by atoms with E-state index in [-0.39, 0.29) is 5.91 Å². The van der Waals surface area contributed by atoms with Crippen LogP contribution < -0.4 is 0 Å². The molecule has 0 aliphatic carbocycles. The van der Waals surface area contributed by atoms with Gasteiger partial charge in [0.25, 0.3) is 10.0 Å². The van der Waals surface area contributed by atoms with Crippen LogP contribution in [0.3, 0.4) is 0 Å². The van der Waals surface area contributed by atoms with Crippen LogP contribution >= 0.6 is 11.3 Å². The normalized spacial score (nSPS) is 16.3. The molecule has 1 aliphatic rings. The van der Waals surface area contributed by atoms with Gasteiger partial charge in [0.05, 0.1) is 6.54 Å². The third-order valence-electron chi connectivity index (χ3n) is 4.73. The summed E-state index contributed by atoms with van der Waals surface area (Å²) in [6.45, 7) is 5.53. The zero-order valence-corrected chi connectivity index (χ0v) is 17.1. The molecule has 0 bridgehead atoms. The number of hydrogen-bond acceptors (Lipinski definition) is 5. The Morgan fingerprint density at radius 3 is 2.37 bits per heavy atom. The van der Waals surface area contributed by atoms with E-state index in [4.69, 9.17) is 0 Å². The fourth-order valence-corrected chi connectivity index (χ4v) is 5.70. The van der Waals surface area contributed by atoms with Gasteiger partial charge in [-0.1, -0.05) is 36.4 Å². The van der Waals surface area contributed by atoms with E-state index in [1.54, 1.807) is 17.5 Å². The van der Waals surface area contributed by atoms with Gasteiger partial charge >= 0.3 is 0 Å². The average Bonchev–Trinajstić information content (AvgIpc) is 3.23. The molecule has 2 heterocycles. The maximum absolute atomic E-state index is 12.7. The number of sulfonamides is 1. The molecule has 2 aromatic rings. The van der Waals surface area contributed by atoms with E-state index in [9.17, 15) is 13.2 Å². The molecule has 1 aromatic heterocycles. The fraction of sp³-hybridized carbons (Fsp3) is 0.421. The first-order chi connectivity index (χ1) is 13.0. The third kappa shape index (κ3) is 4.95. The third-order valence-corrected chi connectivity index (χ3v) is 8.00. The molecule has 0 saturated carbocycles. The molecule has 0 unspecified atom stereocenters. The number of hydrogen-bond donors (Lipinski definition) is 0. The lowest BCUT2D eigenvalue weighted by Crippen LogP contribution is -2.51. The first-order valence-electron chi connectivity index (χ1n) is 9.08. The zero-order chi connectivity index (χ0) is 19.3. The predicted molar refractivity (Wildman–Crippen MR) is 107 cm³/mol. The number of nitrogens with zero attached hydrogens (tertiary/aromatic N) is 3. The van der Waals surface area contributed by atoms with Gasteiger partial charge in [0.2, 0.25) is 5.91 Å². The standard InChI is InChI=1S/C19H25N3O3S2/c1-2-21(15-17-7-4-3-5-8-17)18(23)16-20-10-12-22(13-11-20)27(24,25)19-9-6-14-26-19/h3-9,14H,2,10-13,15-16H2,1H3. The fourth-order valence-electron chi connectivity index (χ4n) is 3.14. The highest BCUT2D eigenvalue weighted by Crippen LogP contribution is 2.22. The van der Waals surface area contributed by atoms with E-state index in [2.05, 4.69) is 0 Å². The highest BCUT2D eigenvalue weighted by Gasteiger charge is 2.30. The highest BCUT2D eigenvalue weighted by atomic mass is 32.2. The van der Waals surface area contributed by atoms with Crippen LogP contribution in [0.25, 0.3) is 0 Å². The number of carbonyl (C=O) groups is 1. The van der Waals surface area contributed by atoms with Crippen molar-refractivity contribution in [1.29, 1.82) is 0 Å². The van der Waals surface area contributed by atoms with Crippen molar-refractivity contribution >= 4 is 27.3 Å². The van der Waals surface area contributed by atoms with Crippen molar-refractivity contribution in [2.45, 2.75) is 17.7 Å². The Labute approximate surface area is 165 Å².